The van der Waals surface area contributed by atoms with E-state index in [0.29, 0.717) is 5.82 Å². The van der Waals surface area contributed by atoms with Crippen LogP contribution in [0.1, 0.15) is 26.7 Å². The van der Waals surface area contributed by atoms with E-state index in [1.54, 1.807) is 30.9 Å². The smallest absolute Gasteiger partial charge is 0.244 e. The van der Waals surface area contributed by atoms with Gasteiger partial charge in [-0.25, -0.2) is 13.4 Å². The number of hydrogen-bond acceptors (Lipinski definition) is 5. The van der Waals surface area contributed by atoms with Crippen LogP contribution in [0.3, 0.4) is 0 Å². The van der Waals surface area contributed by atoms with Crippen LogP contribution < -0.4 is 5.32 Å². The van der Waals surface area contributed by atoms with Gasteiger partial charge in [-0.1, -0.05) is 6.92 Å². The van der Waals surface area contributed by atoms with E-state index in [0.717, 1.165) is 25.1 Å². The van der Waals surface area contributed by atoms with Crippen LogP contribution >= 0.6 is 11.8 Å². The minimum Gasteiger partial charge on any atom is -0.370 e. The van der Waals surface area contributed by atoms with E-state index in [1.807, 2.05) is 13.2 Å². The number of anilines is 1. The number of thioether (sulfide) groups is 1. The van der Waals surface area contributed by atoms with Crippen molar-refractivity contribution in [2.75, 3.05) is 30.9 Å². The Labute approximate surface area is 132 Å². The Kier molecular flexibility index (Phi) is 7.48. The summed E-state index contributed by atoms with van der Waals surface area (Å²) in [5, 5.41) is 3.13. The van der Waals surface area contributed by atoms with Crippen molar-refractivity contribution in [2.24, 2.45) is 0 Å². The van der Waals surface area contributed by atoms with E-state index in [1.165, 1.54) is 10.5 Å². The Hall–Kier alpha value is -0.790. The van der Waals surface area contributed by atoms with Crippen molar-refractivity contribution in [3.05, 3.63) is 18.3 Å². The van der Waals surface area contributed by atoms with Crippen molar-refractivity contribution in [3.8, 4) is 0 Å². The molecule has 1 unspecified atom stereocenters. The molecule has 1 atom stereocenters. The molecule has 21 heavy (non-hydrogen) atoms. The predicted octanol–water partition coefficient (Wildman–Crippen LogP) is 2.67. The van der Waals surface area contributed by atoms with Crippen LogP contribution in [0.25, 0.3) is 0 Å². The molecule has 0 aliphatic heterocycles. The van der Waals surface area contributed by atoms with Gasteiger partial charge in [0.05, 0.1) is 0 Å². The van der Waals surface area contributed by atoms with E-state index in [2.05, 4.69) is 17.2 Å². The third-order valence-electron chi connectivity index (χ3n) is 3.33. The maximum Gasteiger partial charge on any atom is 0.244 e. The van der Waals surface area contributed by atoms with Crippen molar-refractivity contribution in [3.63, 3.8) is 0 Å². The molecule has 1 aromatic heterocycles. The molecule has 1 rings (SSSR count). The van der Waals surface area contributed by atoms with Crippen molar-refractivity contribution in [1.29, 1.82) is 0 Å². The lowest BCUT2D eigenvalue weighted by molar-refractivity contribution is 0.382. The average Bonchev–Trinajstić information content (AvgIpc) is 2.50. The molecule has 0 spiro atoms. The van der Waals surface area contributed by atoms with Gasteiger partial charge in [-0.2, -0.15) is 16.1 Å². The molecule has 5 nitrogen and oxygen atoms in total. The molecule has 1 heterocycles. The second kappa shape index (κ2) is 8.60. The van der Waals surface area contributed by atoms with Gasteiger partial charge < -0.3 is 5.32 Å². The molecule has 0 fully saturated rings. The van der Waals surface area contributed by atoms with Crippen LogP contribution in [-0.4, -0.2) is 49.3 Å². The zero-order chi connectivity index (χ0) is 15.9. The number of hydrogen-bond donors (Lipinski definition) is 1. The van der Waals surface area contributed by atoms with E-state index >= 15 is 0 Å². The van der Waals surface area contributed by atoms with E-state index < -0.39 is 10.0 Å². The van der Waals surface area contributed by atoms with Gasteiger partial charge in [-0.05, 0) is 43.9 Å². The number of nitrogens with zero attached hydrogens (tertiary/aromatic N) is 2. The zero-order valence-corrected chi connectivity index (χ0v) is 14.8. The molecule has 120 valence electrons. The van der Waals surface area contributed by atoms with E-state index in [9.17, 15) is 8.42 Å². The molecule has 0 amide bonds. The van der Waals surface area contributed by atoms with Crippen LogP contribution in [0.4, 0.5) is 5.82 Å². The van der Waals surface area contributed by atoms with Gasteiger partial charge in [0, 0.05) is 25.8 Å². The van der Waals surface area contributed by atoms with Gasteiger partial charge in [-0.15, -0.1) is 0 Å². The number of nitrogens with one attached hydrogen (secondary N) is 1. The van der Waals surface area contributed by atoms with Crippen molar-refractivity contribution >= 4 is 27.6 Å². The molecule has 7 heteroatoms. The van der Waals surface area contributed by atoms with Crippen LogP contribution in [0.2, 0.25) is 0 Å². The van der Waals surface area contributed by atoms with Crippen LogP contribution in [0, 0.1) is 0 Å². The summed E-state index contributed by atoms with van der Waals surface area (Å²) in [4.78, 5) is 4.40. The fourth-order valence-electron chi connectivity index (χ4n) is 1.76. The van der Waals surface area contributed by atoms with Gasteiger partial charge in [0.2, 0.25) is 10.0 Å². The molecular formula is C14H25N3O2S2. The first-order valence-electron chi connectivity index (χ1n) is 7.10. The van der Waals surface area contributed by atoms with E-state index in [-0.39, 0.29) is 10.9 Å². The Bertz CT molecular complexity index is 518. The largest absolute Gasteiger partial charge is 0.370 e. The summed E-state index contributed by atoms with van der Waals surface area (Å²) in [6.45, 7) is 4.82. The lowest BCUT2D eigenvalue weighted by Gasteiger charge is -2.24. The Balaban J connectivity index is 2.81. The van der Waals surface area contributed by atoms with Crippen LogP contribution in [0.5, 0.6) is 0 Å². The number of sulfonamides is 1. The SMILES string of the molecule is CCCNc1ccc(S(=O)(=O)N(C)C(C)CCSC)cn1. The van der Waals surface area contributed by atoms with Gasteiger partial charge in [-0.3, -0.25) is 0 Å². The maximum atomic E-state index is 12.5. The van der Waals surface area contributed by atoms with Gasteiger partial charge in [0.15, 0.2) is 0 Å². The summed E-state index contributed by atoms with van der Waals surface area (Å²) in [7, 11) is -1.84. The lowest BCUT2D eigenvalue weighted by atomic mass is 10.3. The van der Waals surface area contributed by atoms with Gasteiger partial charge >= 0.3 is 0 Å². The summed E-state index contributed by atoms with van der Waals surface area (Å²) in [5.41, 5.74) is 0. The second-order valence-corrected chi connectivity index (χ2v) is 7.94. The number of aromatic nitrogens is 1. The molecule has 0 aliphatic rings. The molecular weight excluding hydrogens is 306 g/mol. The Morgan fingerprint density at radius 3 is 2.67 bits per heavy atom. The van der Waals surface area contributed by atoms with Crippen molar-refractivity contribution < 1.29 is 8.42 Å². The molecule has 1 N–H and O–H groups in total. The van der Waals surface area contributed by atoms with E-state index in [4.69, 9.17) is 0 Å². The minimum atomic E-state index is -3.47. The summed E-state index contributed by atoms with van der Waals surface area (Å²) in [5.74, 6) is 1.65. The molecule has 0 aliphatic carbocycles. The highest BCUT2D eigenvalue weighted by Crippen LogP contribution is 2.19. The Morgan fingerprint density at radius 1 is 1.43 bits per heavy atom. The van der Waals surface area contributed by atoms with Crippen LogP contribution in [-0.2, 0) is 10.0 Å². The predicted molar refractivity (Wildman–Crippen MR) is 90.4 cm³/mol. The minimum absolute atomic E-state index is 0.0275. The summed E-state index contributed by atoms with van der Waals surface area (Å²) >= 11 is 1.72. The quantitative estimate of drug-likeness (QED) is 0.754. The fraction of sp³-hybridized carbons (Fsp3) is 0.643. The number of pyridine rings is 1. The summed E-state index contributed by atoms with van der Waals surface area (Å²) in [6.07, 6.45) is 5.27. The number of rotatable bonds is 9. The highest BCUT2D eigenvalue weighted by Gasteiger charge is 2.25. The molecule has 0 saturated heterocycles. The maximum absolute atomic E-state index is 12.5. The normalized spacial score (nSPS) is 13.4. The molecule has 1 aromatic rings. The standard InChI is InChI=1S/C14H25N3O2S2/c1-5-9-15-14-7-6-13(11-16-14)21(18,19)17(3)12(2)8-10-20-4/h6-7,11-12H,5,8-10H2,1-4H3,(H,15,16). The highest BCUT2D eigenvalue weighted by molar-refractivity contribution is 7.98. The monoisotopic (exact) mass is 331 g/mol. The molecule has 0 bridgehead atoms. The van der Waals surface area contributed by atoms with Crippen LogP contribution in [0.15, 0.2) is 23.2 Å². The van der Waals surface area contributed by atoms with Crippen molar-refractivity contribution in [2.45, 2.75) is 37.6 Å². The highest BCUT2D eigenvalue weighted by atomic mass is 32.2. The fourth-order valence-corrected chi connectivity index (χ4v) is 3.68. The first kappa shape index (κ1) is 18.3. The third kappa shape index (κ3) is 5.16. The first-order chi connectivity index (χ1) is 9.93. The lowest BCUT2D eigenvalue weighted by Crippen LogP contribution is -2.35. The summed E-state index contributed by atoms with van der Waals surface area (Å²) < 4.78 is 26.5. The first-order valence-corrected chi connectivity index (χ1v) is 9.93. The molecule has 0 aromatic carbocycles. The summed E-state index contributed by atoms with van der Waals surface area (Å²) in [6, 6.07) is 3.29. The average molecular weight is 332 g/mol. The topological polar surface area (TPSA) is 62.3 Å². The zero-order valence-electron chi connectivity index (χ0n) is 13.2. The van der Waals surface area contributed by atoms with Gasteiger partial charge in [0.25, 0.3) is 0 Å². The molecule has 0 radical (unpaired) electrons. The Morgan fingerprint density at radius 2 is 2.14 bits per heavy atom. The van der Waals surface area contributed by atoms with Gasteiger partial charge in [0.1, 0.15) is 10.7 Å². The third-order valence-corrected chi connectivity index (χ3v) is 5.93. The second-order valence-electron chi connectivity index (χ2n) is 4.96. The van der Waals surface area contributed by atoms with Crippen molar-refractivity contribution in [1.82, 2.24) is 9.29 Å². The molecule has 0 saturated carbocycles.